The normalized spacial score (nSPS) is 12.1. The summed E-state index contributed by atoms with van der Waals surface area (Å²) in [6, 6.07) is 1.92. The fraction of sp³-hybridized carbons (Fsp3) is 0.455. The van der Waals surface area contributed by atoms with Crippen molar-refractivity contribution < 1.29 is 19.4 Å². The van der Waals surface area contributed by atoms with Crippen molar-refractivity contribution >= 4 is 23.3 Å². The Morgan fingerprint density at radius 1 is 1.50 bits per heavy atom. The van der Waals surface area contributed by atoms with Crippen LogP contribution in [-0.2, 0) is 14.3 Å². The van der Waals surface area contributed by atoms with Crippen LogP contribution in [0.1, 0.15) is 29.2 Å². The summed E-state index contributed by atoms with van der Waals surface area (Å²) in [5.74, 6) is -1.56. The van der Waals surface area contributed by atoms with Crippen LogP contribution in [0.25, 0.3) is 0 Å². The van der Waals surface area contributed by atoms with E-state index in [9.17, 15) is 9.59 Å². The van der Waals surface area contributed by atoms with E-state index in [1.807, 2.05) is 18.4 Å². The predicted molar refractivity (Wildman–Crippen MR) is 60.7 cm³/mol. The molecule has 16 heavy (non-hydrogen) atoms. The number of aryl methyl sites for hydroxylation is 1. The van der Waals surface area contributed by atoms with Crippen molar-refractivity contribution in [3.63, 3.8) is 0 Å². The van der Waals surface area contributed by atoms with E-state index in [1.165, 1.54) is 18.4 Å². The highest BCUT2D eigenvalue weighted by atomic mass is 32.1. The lowest BCUT2D eigenvalue weighted by Gasteiger charge is -2.12. The van der Waals surface area contributed by atoms with Gasteiger partial charge >= 0.3 is 11.9 Å². The zero-order valence-corrected chi connectivity index (χ0v) is 10.0. The van der Waals surface area contributed by atoms with Crippen LogP contribution < -0.4 is 0 Å². The first-order valence-corrected chi connectivity index (χ1v) is 5.75. The SMILES string of the molecule is COC(=O)CC(CC(=O)O)c1sccc1C. The first-order chi connectivity index (χ1) is 7.54. The molecule has 0 aliphatic heterocycles. The molecule has 0 fully saturated rings. The Balaban J connectivity index is 2.83. The number of ether oxygens (including phenoxy) is 1. The van der Waals surface area contributed by atoms with Crippen LogP contribution in [0, 0.1) is 6.92 Å². The summed E-state index contributed by atoms with van der Waals surface area (Å²) in [6.45, 7) is 1.91. The van der Waals surface area contributed by atoms with Gasteiger partial charge in [-0.05, 0) is 23.9 Å². The van der Waals surface area contributed by atoms with Crippen LogP contribution in [0.5, 0.6) is 0 Å². The number of carbonyl (C=O) groups is 2. The maximum Gasteiger partial charge on any atom is 0.306 e. The van der Waals surface area contributed by atoms with E-state index >= 15 is 0 Å². The van der Waals surface area contributed by atoms with E-state index in [0.717, 1.165) is 10.4 Å². The van der Waals surface area contributed by atoms with Gasteiger partial charge in [0.15, 0.2) is 0 Å². The van der Waals surface area contributed by atoms with E-state index in [1.54, 1.807) is 0 Å². The number of hydrogen-bond donors (Lipinski definition) is 1. The smallest absolute Gasteiger partial charge is 0.306 e. The molecule has 0 aliphatic rings. The van der Waals surface area contributed by atoms with E-state index in [2.05, 4.69) is 4.74 Å². The van der Waals surface area contributed by atoms with Gasteiger partial charge in [-0.15, -0.1) is 11.3 Å². The minimum Gasteiger partial charge on any atom is -0.481 e. The van der Waals surface area contributed by atoms with Crippen molar-refractivity contribution in [1.29, 1.82) is 0 Å². The van der Waals surface area contributed by atoms with Gasteiger partial charge in [-0.2, -0.15) is 0 Å². The summed E-state index contributed by atoms with van der Waals surface area (Å²) < 4.78 is 4.57. The van der Waals surface area contributed by atoms with Crippen LogP contribution in [0.3, 0.4) is 0 Å². The van der Waals surface area contributed by atoms with Crippen molar-refractivity contribution in [2.45, 2.75) is 25.7 Å². The Morgan fingerprint density at radius 2 is 2.19 bits per heavy atom. The van der Waals surface area contributed by atoms with E-state index in [-0.39, 0.29) is 24.7 Å². The predicted octanol–water partition coefficient (Wildman–Crippen LogP) is 2.18. The van der Waals surface area contributed by atoms with Gasteiger partial charge in [0.2, 0.25) is 0 Å². The van der Waals surface area contributed by atoms with Crippen molar-refractivity contribution in [3.8, 4) is 0 Å². The number of hydrogen-bond acceptors (Lipinski definition) is 4. The van der Waals surface area contributed by atoms with Gasteiger partial charge in [-0.1, -0.05) is 0 Å². The molecular formula is C11H14O4S. The molecule has 0 aliphatic carbocycles. The van der Waals surface area contributed by atoms with Gasteiger partial charge in [0, 0.05) is 10.8 Å². The lowest BCUT2D eigenvalue weighted by Crippen LogP contribution is -2.12. The zero-order valence-electron chi connectivity index (χ0n) is 9.23. The summed E-state index contributed by atoms with van der Waals surface area (Å²) in [7, 11) is 1.31. The molecule has 1 heterocycles. The van der Waals surface area contributed by atoms with E-state index < -0.39 is 5.97 Å². The number of methoxy groups -OCH3 is 1. The molecule has 0 spiro atoms. The summed E-state index contributed by atoms with van der Waals surface area (Å²) >= 11 is 1.48. The largest absolute Gasteiger partial charge is 0.481 e. The third-order valence-electron chi connectivity index (χ3n) is 2.33. The molecule has 1 N–H and O–H groups in total. The quantitative estimate of drug-likeness (QED) is 0.804. The number of esters is 1. The lowest BCUT2D eigenvalue weighted by atomic mass is 9.97. The highest BCUT2D eigenvalue weighted by Gasteiger charge is 2.22. The maximum absolute atomic E-state index is 11.2. The summed E-state index contributed by atoms with van der Waals surface area (Å²) in [6.07, 6.45) is 0.0700. The highest BCUT2D eigenvalue weighted by molar-refractivity contribution is 7.10. The van der Waals surface area contributed by atoms with Crippen molar-refractivity contribution in [2.75, 3.05) is 7.11 Å². The molecule has 1 rings (SSSR count). The van der Waals surface area contributed by atoms with E-state index in [0.29, 0.717) is 0 Å². The monoisotopic (exact) mass is 242 g/mol. The number of carbonyl (C=O) groups excluding carboxylic acids is 1. The van der Waals surface area contributed by atoms with Crippen LogP contribution >= 0.6 is 11.3 Å². The van der Waals surface area contributed by atoms with Crippen molar-refractivity contribution in [3.05, 3.63) is 21.9 Å². The highest BCUT2D eigenvalue weighted by Crippen LogP contribution is 2.31. The van der Waals surface area contributed by atoms with Crippen molar-refractivity contribution in [2.24, 2.45) is 0 Å². The second kappa shape index (κ2) is 5.65. The molecule has 0 saturated carbocycles. The first kappa shape index (κ1) is 12.7. The Morgan fingerprint density at radius 3 is 2.62 bits per heavy atom. The van der Waals surface area contributed by atoms with Gasteiger partial charge in [0.05, 0.1) is 20.0 Å². The molecule has 88 valence electrons. The van der Waals surface area contributed by atoms with Crippen LogP contribution in [0.2, 0.25) is 0 Å². The molecule has 1 aromatic heterocycles. The third-order valence-corrected chi connectivity index (χ3v) is 3.52. The van der Waals surface area contributed by atoms with Gasteiger partial charge < -0.3 is 9.84 Å². The molecular weight excluding hydrogens is 228 g/mol. The number of aliphatic carboxylic acids is 1. The van der Waals surface area contributed by atoms with Gasteiger partial charge in [0.25, 0.3) is 0 Å². The molecule has 5 heteroatoms. The fourth-order valence-corrected chi connectivity index (χ4v) is 2.59. The second-order valence-corrected chi connectivity index (χ2v) is 4.49. The van der Waals surface area contributed by atoms with E-state index in [4.69, 9.17) is 5.11 Å². The minimum absolute atomic E-state index is 0.0452. The Hall–Kier alpha value is -1.36. The molecule has 0 saturated heterocycles. The minimum atomic E-state index is -0.901. The number of thiophene rings is 1. The summed E-state index contributed by atoms with van der Waals surface area (Å²) in [5, 5.41) is 10.7. The van der Waals surface area contributed by atoms with Crippen molar-refractivity contribution in [1.82, 2.24) is 0 Å². The standard InChI is InChI=1S/C11H14O4S/c1-7-3-4-16-11(7)8(5-9(12)13)6-10(14)15-2/h3-4,8H,5-6H2,1-2H3,(H,12,13). The third kappa shape index (κ3) is 3.34. The fourth-order valence-electron chi connectivity index (χ4n) is 1.56. The zero-order chi connectivity index (χ0) is 12.1. The molecule has 4 nitrogen and oxygen atoms in total. The van der Waals surface area contributed by atoms with Crippen LogP contribution in [-0.4, -0.2) is 24.2 Å². The Labute approximate surface area is 97.9 Å². The number of carboxylic acids is 1. The second-order valence-electron chi connectivity index (χ2n) is 3.54. The first-order valence-electron chi connectivity index (χ1n) is 4.87. The summed E-state index contributed by atoms with van der Waals surface area (Å²) in [4.78, 5) is 22.9. The van der Waals surface area contributed by atoms with Gasteiger partial charge in [-0.3, -0.25) is 9.59 Å². The van der Waals surface area contributed by atoms with Crippen LogP contribution in [0.4, 0.5) is 0 Å². The molecule has 0 aromatic carbocycles. The van der Waals surface area contributed by atoms with Gasteiger partial charge in [-0.25, -0.2) is 0 Å². The number of carboxylic acid groups (broad SMARTS) is 1. The maximum atomic E-state index is 11.2. The van der Waals surface area contributed by atoms with Gasteiger partial charge in [0.1, 0.15) is 0 Å². The average molecular weight is 242 g/mol. The average Bonchev–Trinajstić information content (AvgIpc) is 2.62. The molecule has 0 radical (unpaired) electrons. The van der Waals surface area contributed by atoms with Crippen LogP contribution in [0.15, 0.2) is 11.4 Å². The topological polar surface area (TPSA) is 63.6 Å². The molecule has 0 bridgehead atoms. The lowest BCUT2D eigenvalue weighted by molar-refractivity contribution is -0.141. The molecule has 0 amide bonds. The summed E-state index contributed by atoms with van der Waals surface area (Å²) in [5.41, 5.74) is 1.03. The molecule has 1 atom stereocenters. The number of rotatable bonds is 5. The molecule has 1 aromatic rings. The Kier molecular flexibility index (Phi) is 4.49. The Bertz CT molecular complexity index is 383. The molecule has 1 unspecified atom stereocenters.